The van der Waals surface area contributed by atoms with E-state index in [-0.39, 0.29) is 17.9 Å². The highest BCUT2D eigenvalue weighted by Crippen LogP contribution is 2.18. The van der Waals surface area contributed by atoms with E-state index in [1.807, 2.05) is 30.3 Å². The molecule has 6 heteroatoms. The van der Waals surface area contributed by atoms with E-state index >= 15 is 0 Å². The number of para-hydroxylation sites is 1. The second-order valence-corrected chi connectivity index (χ2v) is 3.98. The molecular formula is C14H13F3N2O. The van der Waals surface area contributed by atoms with Gasteiger partial charge in [-0.25, -0.2) is 9.82 Å². The zero-order chi connectivity index (χ0) is 14.4. The van der Waals surface area contributed by atoms with Gasteiger partial charge >= 0.3 is 6.61 Å². The predicted molar refractivity (Wildman–Crippen MR) is 69.9 cm³/mol. The van der Waals surface area contributed by atoms with Crippen LogP contribution in [0.4, 0.5) is 18.9 Å². The second kappa shape index (κ2) is 6.81. The van der Waals surface area contributed by atoms with Gasteiger partial charge in [0, 0.05) is 17.8 Å². The van der Waals surface area contributed by atoms with Crippen LogP contribution in [0.1, 0.15) is 5.56 Å². The number of hydrogen-bond donors (Lipinski definition) is 2. The van der Waals surface area contributed by atoms with Gasteiger partial charge < -0.3 is 10.2 Å². The summed E-state index contributed by atoms with van der Waals surface area (Å²) in [6, 6.07) is 12.7. The van der Waals surface area contributed by atoms with Crippen molar-refractivity contribution < 1.29 is 17.9 Å². The van der Waals surface area contributed by atoms with Crippen molar-refractivity contribution in [3.63, 3.8) is 0 Å². The third kappa shape index (κ3) is 4.17. The van der Waals surface area contributed by atoms with E-state index in [2.05, 4.69) is 15.6 Å². The molecule has 0 aliphatic carbocycles. The molecule has 2 N–H and O–H groups in total. The van der Waals surface area contributed by atoms with E-state index in [0.29, 0.717) is 0 Å². The van der Waals surface area contributed by atoms with Crippen molar-refractivity contribution >= 4 is 5.69 Å². The van der Waals surface area contributed by atoms with E-state index in [4.69, 9.17) is 0 Å². The zero-order valence-corrected chi connectivity index (χ0v) is 10.4. The van der Waals surface area contributed by atoms with Crippen LogP contribution in [-0.4, -0.2) is 6.61 Å². The average Bonchev–Trinajstić information content (AvgIpc) is 2.43. The first-order chi connectivity index (χ1) is 9.65. The maximum absolute atomic E-state index is 13.5. The Labute approximate surface area is 114 Å². The van der Waals surface area contributed by atoms with Crippen molar-refractivity contribution in [2.24, 2.45) is 0 Å². The lowest BCUT2D eigenvalue weighted by Gasteiger charge is -2.11. The summed E-state index contributed by atoms with van der Waals surface area (Å²) in [7, 11) is 0. The Hall–Kier alpha value is -2.21. The second-order valence-electron chi connectivity index (χ2n) is 3.98. The first-order valence-electron chi connectivity index (χ1n) is 5.92. The highest BCUT2D eigenvalue weighted by atomic mass is 19.3. The monoisotopic (exact) mass is 282 g/mol. The van der Waals surface area contributed by atoms with Crippen molar-refractivity contribution in [3.8, 4) is 5.75 Å². The molecule has 0 atom stereocenters. The Morgan fingerprint density at radius 2 is 1.80 bits per heavy atom. The highest BCUT2D eigenvalue weighted by molar-refractivity contribution is 5.41. The summed E-state index contributed by atoms with van der Waals surface area (Å²) in [5.41, 5.74) is 6.72. The third-order valence-electron chi connectivity index (χ3n) is 2.53. The molecule has 2 rings (SSSR count). The molecule has 0 aromatic heterocycles. The highest BCUT2D eigenvalue weighted by Gasteiger charge is 2.08. The molecule has 0 saturated heterocycles. The van der Waals surface area contributed by atoms with Crippen LogP contribution in [0.5, 0.6) is 5.75 Å². The molecule has 0 radical (unpaired) electrons. The summed E-state index contributed by atoms with van der Waals surface area (Å²) in [6.07, 6.45) is 0. The number of halogens is 3. The number of anilines is 1. The topological polar surface area (TPSA) is 33.3 Å². The first-order valence-corrected chi connectivity index (χ1v) is 5.92. The predicted octanol–water partition coefficient (Wildman–Crippen LogP) is 3.54. The average molecular weight is 282 g/mol. The van der Waals surface area contributed by atoms with E-state index < -0.39 is 12.4 Å². The summed E-state index contributed by atoms with van der Waals surface area (Å²) < 4.78 is 41.9. The van der Waals surface area contributed by atoms with Crippen molar-refractivity contribution in [1.82, 2.24) is 5.43 Å². The van der Waals surface area contributed by atoms with Crippen LogP contribution in [0.2, 0.25) is 0 Å². The Kier molecular flexibility index (Phi) is 4.84. The number of rotatable bonds is 6. The number of nitrogens with one attached hydrogen (secondary N) is 2. The quantitative estimate of drug-likeness (QED) is 0.795. The lowest BCUT2D eigenvalue weighted by molar-refractivity contribution is -0.0499. The first kappa shape index (κ1) is 14.2. The summed E-state index contributed by atoms with van der Waals surface area (Å²) in [4.78, 5) is 0. The third-order valence-corrected chi connectivity index (χ3v) is 2.53. The molecule has 0 spiro atoms. The van der Waals surface area contributed by atoms with Crippen molar-refractivity contribution in [3.05, 3.63) is 59.9 Å². The van der Waals surface area contributed by atoms with Gasteiger partial charge in [0.05, 0.1) is 0 Å². The normalized spacial score (nSPS) is 10.6. The molecule has 2 aromatic rings. The minimum Gasteiger partial charge on any atom is -0.435 e. The van der Waals surface area contributed by atoms with Gasteiger partial charge in [0.25, 0.3) is 0 Å². The fourth-order valence-corrected chi connectivity index (χ4v) is 1.63. The smallest absolute Gasteiger partial charge is 0.387 e. The van der Waals surface area contributed by atoms with Crippen molar-refractivity contribution in [2.75, 3.05) is 5.43 Å². The summed E-state index contributed by atoms with van der Waals surface area (Å²) in [6.45, 7) is -2.80. The largest absolute Gasteiger partial charge is 0.435 e. The van der Waals surface area contributed by atoms with Crippen LogP contribution in [-0.2, 0) is 6.54 Å². The van der Waals surface area contributed by atoms with Crippen LogP contribution in [0, 0.1) is 5.82 Å². The Morgan fingerprint density at radius 3 is 2.50 bits per heavy atom. The summed E-state index contributed by atoms with van der Waals surface area (Å²) in [5, 5.41) is 0. The number of hydrogen-bond acceptors (Lipinski definition) is 3. The molecular weight excluding hydrogens is 269 g/mol. The molecule has 2 aromatic carbocycles. The van der Waals surface area contributed by atoms with E-state index in [1.165, 1.54) is 6.07 Å². The van der Waals surface area contributed by atoms with E-state index in [0.717, 1.165) is 17.8 Å². The van der Waals surface area contributed by atoms with E-state index in [1.54, 1.807) is 0 Å². The lowest BCUT2D eigenvalue weighted by atomic mass is 10.2. The van der Waals surface area contributed by atoms with Crippen LogP contribution in [0.15, 0.2) is 48.5 Å². The Balaban J connectivity index is 1.94. The van der Waals surface area contributed by atoms with Crippen LogP contribution in [0.25, 0.3) is 0 Å². The number of benzene rings is 2. The summed E-state index contributed by atoms with van der Waals surface area (Å²) in [5.74, 6) is -0.563. The molecule has 0 amide bonds. The molecule has 0 aliphatic rings. The summed E-state index contributed by atoms with van der Waals surface area (Å²) >= 11 is 0. The molecule has 0 saturated carbocycles. The van der Waals surface area contributed by atoms with Gasteiger partial charge in [-0.05, 0) is 30.3 Å². The molecule has 20 heavy (non-hydrogen) atoms. The number of alkyl halides is 2. The lowest BCUT2D eigenvalue weighted by Crippen LogP contribution is -2.21. The van der Waals surface area contributed by atoms with E-state index in [9.17, 15) is 13.2 Å². The van der Waals surface area contributed by atoms with Gasteiger partial charge in [0.15, 0.2) is 0 Å². The van der Waals surface area contributed by atoms with Crippen molar-refractivity contribution in [1.29, 1.82) is 0 Å². The molecule has 0 unspecified atom stereocenters. The minimum absolute atomic E-state index is 0.0714. The van der Waals surface area contributed by atoms with Gasteiger partial charge in [-0.2, -0.15) is 8.78 Å². The Morgan fingerprint density at radius 1 is 1.05 bits per heavy atom. The Bertz CT molecular complexity index is 549. The minimum atomic E-state index is -2.93. The standard InChI is InChI=1S/C14H13F3N2O/c15-13-7-6-12(20-14(16)17)8-10(13)9-18-19-11-4-2-1-3-5-11/h1-8,14,18-19H,9H2. The number of hydrazine groups is 1. The van der Waals surface area contributed by atoms with Gasteiger partial charge in [-0.3, -0.25) is 0 Å². The van der Waals surface area contributed by atoms with Crippen molar-refractivity contribution in [2.45, 2.75) is 13.2 Å². The molecule has 3 nitrogen and oxygen atoms in total. The zero-order valence-electron chi connectivity index (χ0n) is 10.4. The van der Waals surface area contributed by atoms with Crippen LogP contribution < -0.4 is 15.6 Å². The fourth-order valence-electron chi connectivity index (χ4n) is 1.63. The maximum Gasteiger partial charge on any atom is 0.387 e. The molecule has 0 heterocycles. The molecule has 0 aliphatic heterocycles. The SMILES string of the molecule is Fc1ccc(OC(F)F)cc1CNNc1ccccc1. The number of ether oxygens (including phenoxy) is 1. The van der Waals surface area contributed by atoms with Crippen LogP contribution in [0.3, 0.4) is 0 Å². The van der Waals surface area contributed by atoms with Gasteiger partial charge in [0.2, 0.25) is 0 Å². The molecule has 0 bridgehead atoms. The maximum atomic E-state index is 13.5. The molecule has 0 fully saturated rings. The van der Waals surface area contributed by atoms with Crippen LogP contribution >= 0.6 is 0 Å². The molecule has 106 valence electrons. The van der Waals surface area contributed by atoms with Gasteiger partial charge in [0.1, 0.15) is 11.6 Å². The fraction of sp³-hybridized carbons (Fsp3) is 0.143. The van der Waals surface area contributed by atoms with Gasteiger partial charge in [-0.15, -0.1) is 0 Å². The van der Waals surface area contributed by atoms with Gasteiger partial charge in [-0.1, -0.05) is 18.2 Å².